The molecule has 2 aromatic rings. The molecule has 10 heteroatoms. The summed E-state index contributed by atoms with van der Waals surface area (Å²) in [5.41, 5.74) is 1.36. The predicted octanol–water partition coefficient (Wildman–Crippen LogP) is 2.66. The molecule has 1 aliphatic heterocycles. The first-order valence-corrected chi connectivity index (χ1v) is 11.8. The van der Waals surface area contributed by atoms with Crippen LogP contribution in [-0.2, 0) is 19.4 Å². The SMILES string of the molecule is CCOC(=O)C1=C(CS(=O)(=O)c2ccc(C)cc2)NC(=O)NC1c1ccc(OC)c(OC)c1. The van der Waals surface area contributed by atoms with Crippen molar-refractivity contribution < 1.29 is 32.2 Å². The summed E-state index contributed by atoms with van der Waals surface area (Å²) in [5.74, 6) is -0.467. The van der Waals surface area contributed by atoms with E-state index in [2.05, 4.69) is 10.6 Å². The fraction of sp³-hybridized carbons (Fsp3) is 0.304. The molecule has 1 atom stereocenters. The van der Waals surface area contributed by atoms with Crippen LogP contribution in [0.1, 0.15) is 24.1 Å². The lowest BCUT2D eigenvalue weighted by Crippen LogP contribution is -2.47. The van der Waals surface area contributed by atoms with Gasteiger partial charge in [-0.2, -0.15) is 0 Å². The molecular weight excluding hydrogens is 448 g/mol. The second kappa shape index (κ2) is 9.95. The summed E-state index contributed by atoms with van der Waals surface area (Å²) in [7, 11) is -0.913. The second-order valence-electron chi connectivity index (χ2n) is 7.33. The summed E-state index contributed by atoms with van der Waals surface area (Å²) in [6.07, 6.45) is 0. The van der Waals surface area contributed by atoms with Crippen LogP contribution in [0.25, 0.3) is 0 Å². The van der Waals surface area contributed by atoms with E-state index in [9.17, 15) is 18.0 Å². The molecule has 1 unspecified atom stereocenters. The molecule has 0 aromatic heterocycles. The van der Waals surface area contributed by atoms with E-state index in [0.717, 1.165) is 5.56 Å². The number of benzene rings is 2. The van der Waals surface area contributed by atoms with Crippen LogP contribution in [-0.4, -0.2) is 47.0 Å². The number of aryl methyl sites for hydroxylation is 1. The first kappa shape index (κ1) is 24.1. The second-order valence-corrected chi connectivity index (χ2v) is 9.32. The van der Waals surface area contributed by atoms with Crippen LogP contribution in [0.15, 0.2) is 58.6 Å². The Morgan fingerprint density at radius 2 is 1.70 bits per heavy atom. The number of urea groups is 1. The molecule has 0 fully saturated rings. The number of carbonyl (C=O) groups excluding carboxylic acids is 2. The maximum atomic E-state index is 13.1. The Morgan fingerprint density at radius 3 is 2.30 bits per heavy atom. The smallest absolute Gasteiger partial charge is 0.338 e. The first-order chi connectivity index (χ1) is 15.7. The minimum atomic E-state index is -3.86. The van der Waals surface area contributed by atoms with E-state index in [1.165, 1.54) is 26.4 Å². The van der Waals surface area contributed by atoms with Crippen molar-refractivity contribution in [3.05, 3.63) is 64.9 Å². The summed E-state index contributed by atoms with van der Waals surface area (Å²) < 4.78 is 41.9. The number of hydrogen-bond donors (Lipinski definition) is 2. The lowest BCUT2D eigenvalue weighted by Gasteiger charge is -2.29. The molecule has 1 aliphatic rings. The first-order valence-electron chi connectivity index (χ1n) is 10.2. The van der Waals surface area contributed by atoms with E-state index in [4.69, 9.17) is 14.2 Å². The molecule has 2 aromatic carbocycles. The van der Waals surface area contributed by atoms with Crippen LogP contribution in [0.5, 0.6) is 11.5 Å². The topological polar surface area (TPSA) is 120 Å². The fourth-order valence-corrected chi connectivity index (χ4v) is 4.81. The monoisotopic (exact) mass is 474 g/mol. The number of rotatable bonds is 8. The van der Waals surface area contributed by atoms with Crippen molar-refractivity contribution in [2.24, 2.45) is 0 Å². The van der Waals surface area contributed by atoms with E-state index in [-0.39, 0.29) is 22.8 Å². The molecule has 0 saturated carbocycles. The molecule has 0 spiro atoms. The van der Waals surface area contributed by atoms with Gasteiger partial charge in [0.1, 0.15) is 0 Å². The summed E-state index contributed by atoms with van der Waals surface area (Å²) in [6, 6.07) is 9.64. The number of nitrogens with one attached hydrogen (secondary N) is 2. The van der Waals surface area contributed by atoms with Crippen molar-refractivity contribution >= 4 is 21.8 Å². The van der Waals surface area contributed by atoms with Crippen LogP contribution in [0.2, 0.25) is 0 Å². The number of hydrogen-bond acceptors (Lipinski definition) is 7. The zero-order chi connectivity index (χ0) is 24.2. The zero-order valence-corrected chi connectivity index (χ0v) is 19.6. The van der Waals surface area contributed by atoms with Crippen LogP contribution < -0.4 is 20.1 Å². The van der Waals surface area contributed by atoms with Crippen LogP contribution in [0.3, 0.4) is 0 Å². The van der Waals surface area contributed by atoms with Gasteiger partial charge in [-0.1, -0.05) is 23.8 Å². The third-order valence-corrected chi connectivity index (χ3v) is 6.76. The molecule has 0 aliphatic carbocycles. The van der Waals surface area contributed by atoms with Gasteiger partial charge in [-0.25, -0.2) is 18.0 Å². The maximum absolute atomic E-state index is 13.1. The van der Waals surface area contributed by atoms with Gasteiger partial charge in [-0.3, -0.25) is 0 Å². The maximum Gasteiger partial charge on any atom is 0.338 e. The molecule has 0 radical (unpaired) electrons. The fourth-order valence-electron chi connectivity index (χ4n) is 3.48. The van der Waals surface area contributed by atoms with Crippen molar-refractivity contribution in [2.45, 2.75) is 24.8 Å². The van der Waals surface area contributed by atoms with Gasteiger partial charge in [-0.05, 0) is 43.7 Å². The van der Waals surface area contributed by atoms with Gasteiger partial charge in [-0.15, -0.1) is 0 Å². The van der Waals surface area contributed by atoms with Crippen molar-refractivity contribution in [3.8, 4) is 11.5 Å². The molecule has 176 valence electrons. The summed E-state index contributed by atoms with van der Waals surface area (Å²) in [5, 5.41) is 5.16. The van der Waals surface area contributed by atoms with Gasteiger partial charge in [0.2, 0.25) is 0 Å². The number of sulfone groups is 1. The summed E-state index contributed by atoms with van der Waals surface area (Å²) >= 11 is 0. The van der Waals surface area contributed by atoms with Gasteiger partial charge < -0.3 is 24.8 Å². The normalized spacial score (nSPS) is 16.0. The highest BCUT2D eigenvalue weighted by molar-refractivity contribution is 7.91. The van der Waals surface area contributed by atoms with Crippen LogP contribution >= 0.6 is 0 Å². The van der Waals surface area contributed by atoms with Gasteiger partial charge in [0, 0.05) is 5.70 Å². The Balaban J connectivity index is 2.12. The predicted molar refractivity (Wildman–Crippen MR) is 121 cm³/mol. The number of methoxy groups -OCH3 is 2. The minimum Gasteiger partial charge on any atom is -0.493 e. The lowest BCUT2D eigenvalue weighted by molar-refractivity contribution is -0.139. The van der Waals surface area contributed by atoms with Gasteiger partial charge in [0.25, 0.3) is 0 Å². The molecule has 1 heterocycles. The van der Waals surface area contributed by atoms with Crippen LogP contribution in [0, 0.1) is 6.92 Å². The molecule has 0 saturated heterocycles. The van der Waals surface area contributed by atoms with Gasteiger partial charge in [0.15, 0.2) is 21.3 Å². The number of carbonyl (C=O) groups is 2. The number of amides is 2. The Kier molecular flexibility index (Phi) is 7.27. The molecule has 2 N–H and O–H groups in total. The highest BCUT2D eigenvalue weighted by atomic mass is 32.2. The molecule has 3 rings (SSSR count). The van der Waals surface area contributed by atoms with E-state index in [1.807, 2.05) is 6.92 Å². The van der Waals surface area contributed by atoms with Crippen LogP contribution in [0.4, 0.5) is 4.79 Å². The average Bonchev–Trinajstić information content (AvgIpc) is 2.78. The summed E-state index contributed by atoms with van der Waals surface area (Å²) in [6.45, 7) is 3.56. The largest absolute Gasteiger partial charge is 0.493 e. The molecule has 0 bridgehead atoms. The Morgan fingerprint density at radius 1 is 1.03 bits per heavy atom. The van der Waals surface area contributed by atoms with E-state index in [0.29, 0.717) is 17.1 Å². The lowest BCUT2D eigenvalue weighted by atomic mass is 9.95. The quantitative estimate of drug-likeness (QED) is 0.565. The molecular formula is C23H26N2O7S. The average molecular weight is 475 g/mol. The van der Waals surface area contributed by atoms with E-state index >= 15 is 0 Å². The van der Waals surface area contributed by atoms with Crippen molar-refractivity contribution in [3.63, 3.8) is 0 Å². The standard InChI is InChI=1S/C23H26N2O7S/c1-5-32-22(26)20-17(13-33(28,29)16-9-6-14(2)7-10-16)24-23(27)25-21(20)15-8-11-18(30-3)19(12-15)31-4/h6-12,21H,5,13H2,1-4H3,(H2,24,25,27). The van der Waals surface area contributed by atoms with Crippen molar-refractivity contribution in [1.82, 2.24) is 10.6 Å². The molecule has 9 nitrogen and oxygen atoms in total. The minimum absolute atomic E-state index is 0.000596. The van der Waals surface area contributed by atoms with Crippen molar-refractivity contribution in [1.29, 1.82) is 0 Å². The number of esters is 1. The van der Waals surface area contributed by atoms with Crippen molar-refractivity contribution in [2.75, 3.05) is 26.6 Å². The van der Waals surface area contributed by atoms with Gasteiger partial charge in [0.05, 0.1) is 43.1 Å². The molecule has 2 amide bonds. The Hall–Kier alpha value is -3.53. The van der Waals surface area contributed by atoms with Gasteiger partial charge >= 0.3 is 12.0 Å². The third-order valence-electron chi connectivity index (χ3n) is 5.10. The Bertz CT molecular complexity index is 1190. The zero-order valence-electron chi connectivity index (χ0n) is 18.8. The highest BCUT2D eigenvalue weighted by Gasteiger charge is 2.36. The number of ether oxygens (including phenoxy) is 3. The third kappa shape index (κ3) is 5.28. The van der Waals surface area contributed by atoms with E-state index in [1.54, 1.807) is 37.3 Å². The van der Waals surface area contributed by atoms with E-state index < -0.39 is 33.6 Å². The summed E-state index contributed by atoms with van der Waals surface area (Å²) in [4.78, 5) is 25.5. The molecule has 33 heavy (non-hydrogen) atoms. The highest BCUT2D eigenvalue weighted by Crippen LogP contribution is 2.35. The Labute approximate surface area is 192 Å².